The number of hydrogen-bond acceptors (Lipinski definition) is 7. The van der Waals surface area contributed by atoms with E-state index in [2.05, 4.69) is 39.5 Å². The highest BCUT2D eigenvalue weighted by molar-refractivity contribution is 7.09. The van der Waals surface area contributed by atoms with Gasteiger partial charge in [-0.3, -0.25) is 0 Å². The molecule has 0 aliphatic carbocycles. The molecule has 0 spiro atoms. The average molecular weight is 264 g/mol. The second kappa shape index (κ2) is 4.87. The second-order valence-electron chi connectivity index (χ2n) is 4.43. The van der Waals surface area contributed by atoms with Crippen molar-refractivity contribution >= 4 is 23.0 Å². The summed E-state index contributed by atoms with van der Waals surface area (Å²) < 4.78 is 0. The smallest absolute Gasteiger partial charge is 0.148 e. The molecule has 0 saturated carbocycles. The third-order valence-corrected chi connectivity index (χ3v) is 3.72. The predicted octanol–water partition coefficient (Wildman–Crippen LogP) is 1.87. The van der Waals surface area contributed by atoms with Crippen molar-refractivity contribution in [2.45, 2.75) is 26.3 Å². The number of thiazole rings is 1. The first-order chi connectivity index (χ1) is 8.54. The summed E-state index contributed by atoms with van der Waals surface area (Å²) in [6.07, 6.45) is 3.27. The Bertz CT molecular complexity index is 522. The molecule has 2 rings (SSSR count). The summed E-state index contributed by atoms with van der Waals surface area (Å²) in [6, 6.07) is 0. The first-order valence-corrected chi connectivity index (χ1v) is 6.39. The van der Waals surface area contributed by atoms with Crippen molar-refractivity contribution in [3.05, 3.63) is 28.5 Å². The summed E-state index contributed by atoms with van der Waals surface area (Å²) in [6.45, 7) is 6.03. The minimum atomic E-state index is -0.293. The summed E-state index contributed by atoms with van der Waals surface area (Å²) in [5.41, 5.74) is 3.14. The molecule has 0 fully saturated rings. The summed E-state index contributed by atoms with van der Waals surface area (Å²) in [7, 11) is 0. The van der Waals surface area contributed by atoms with Crippen molar-refractivity contribution in [2.24, 2.45) is 5.84 Å². The third kappa shape index (κ3) is 2.41. The molecule has 0 aliphatic rings. The Morgan fingerprint density at radius 1 is 1.22 bits per heavy atom. The first kappa shape index (κ1) is 12.7. The van der Waals surface area contributed by atoms with Gasteiger partial charge < -0.3 is 10.7 Å². The fourth-order valence-corrected chi connectivity index (χ4v) is 2.32. The molecule has 4 N–H and O–H groups in total. The van der Waals surface area contributed by atoms with Gasteiger partial charge in [0.25, 0.3) is 0 Å². The number of anilines is 2. The predicted molar refractivity (Wildman–Crippen MR) is 73.3 cm³/mol. The lowest BCUT2D eigenvalue weighted by atomic mass is 10.1. The van der Waals surface area contributed by atoms with Crippen LogP contribution in [-0.4, -0.2) is 15.0 Å². The van der Waals surface area contributed by atoms with Gasteiger partial charge in [0.15, 0.2) is 0 Å². The van der Waals surface area contributed by atoms with Crippen molar-refractivity contribution in [1.82, 2.24) is 15.0 Å². The summed E-state index contributed by atoms with van der Waals surface area (Å²) in [5, 5.41) is 6.32. The van der Waals surface area contributed by atoms with Crippen LogP contribution in [-0.2, 0) is 5.54 Å². The van der Waals surface area contributed by atoms with Crippen LogP contribution in [0.5, 0.6) is 0 Å². The number of nitrogens with zero attached hydrogens (tertiary/aromatic N) is 3. The number of hydrazine groups is 1. The van der Waals surface area contributed by atoms with E-state index in [9.17, 15) is 0 Å². The number of hydrogen-bond donors (Lipinski definition) is 3. The fourth-order valence-electron chi connectivity index (χ4n) is 1.60. The molecule has 96 valence electrons. The van der Waals surface area contributed by atoms with Gasteiger partial charge in [0.05, 0.1) is 5.54 Å². The zero-order valence-electron chi connectivity index (χ0n) is 10.6. The number of nitrogen functional groups attached to an aromatic ring is 1. The number of nitrogens with one attached hydrogen (secondary N) is 2. The van der Waals surface area contributed by atoms with Crippen LogP contribution in [0, 0.1) is 6.92 Å². The van der Waals surface area contributed by atoms with Crippen molar-refractivity contribution < 1.29 is 0 Å². The minimum absolute atomic E-state index is 0.293. The van der Waals surface area contributed by atoms with Crippen molar-refractivity contribution in [1.29, 1.82) is 0 Å². The van der Waals surface area contributed by atoms with Crippen LogP contribution in [0.25, 0.3) is 0 Å². The summed E-state index contributed by atoms with van der Waals surface area (Å²) >= 11 is 1.61. The van der Waals surface area contributed by atoms with E-state index in [1.165, 1.54) is 6.33 Å². The topological polar surface area (TPSA) is 88.8 Å². The normalized spacial score (nSPS) is 11.3. The Morgan fingerprint density at radius 3 is 2.56 bits per heavy atom. The molecule has 2 aromatic heterocycles. The van der Waals surface area contributed by atoms with E-state index >= 15 is 0 Å². The molecule has 6 nitrogen and oxygen atoms in total. The number of aromatic nitrogens is 3. The molecule has 0 amide bonds. The number of nitrogens with two attached hydrogens (primary N) is 1. The second-order valence-corrected chi connectivity index (χ2v) is 5.32. The average Bonchev–Trinajstić information content (AvgIpc) is 2.86. The molecular formula is C11H16N6S. The first-order valence-electron chi connectivity index (χ1n) is 5.51. The molecule has 0 saturated heterocycles. The molecule has 0 atom stereocenters. The van der Waals surface area contributed by atoms with Gasteiger partial charge in [0.2, 0.25) is 0 Å². The Balaban J connectivity index is 2.29. The fraction of sp³-hybridized carbons (Fsp3) is 0.364. The molecular weight excluding hydrogens is 248 g/mol. The Labute approximate surface area is 110 Å². The van der Waals surface area contributed by atoms with E-state index in [1.54, 1.807) is 17.5 Å². The van der Waals surface area contributed by atoms with Gasteiger partial charge in [0.1, 0.15) is 23.0 Å². The highest BCUT2D eigenvalue weighted by Crippen LogP contribution is 2.28. The lowest BCUT2D eigenvalue weighted by Crippen LogP contribution is -2.29. The summed E-state index contributed by atoms with van der Waals surface area (Å²) in [5.74, 6) is 6.76. The van der Waals surface area contributed by atoms with Gasteiger partial charge in [-0.2, -0.15) is 0 Å². The molecule has 18 heavy (non-hydrogen) atoms. The SMILES string of the molecule is Cc1c(NN)ncnc1NC(C)(C)c1nccs1. The molecule has 0 aromatic carbocycles. The maximum absolute atomic E-state index is 5.40. The molecule has 7 heteroatoms. The van der Waals surface area contributed by atoms with E-state index in [4.69, 9.17) is 5.84 Å². The third-order valence-electron chi connectivity index (χ3n) is 2.62. The Hall–Kier alpha value is -1.73. The molecule has 2 heterocycles. The summed E-state index contributed by atoms with van der Waals surface area (Å²) in [4.78, 5) is 12.6. The minimum Gasteiger partial charge on any atom is -0.358 e. The van der Waals surface area contributed by atoms with Gasteiger partial charge in [-0.1, -0.05) is 0 Å². The maximum atomic E-state index is 5.40. The van der Waals surface area contributed by atoms with Gasteiger partial charge in [-0.15, -0.1) is 11.3 Å². The van der Waals surface area contributed by atoms with Crippen molar-refractivity contribution in [3.8, 4) is 0 Å². The van der Waals surface area contributed by atoms with Crippen LogP contribution in [0.3, 0.4) is 0 Å². The van der Waals surface area contributed by atoms with Crippen molar-refractivity contribution in [3.63, 3.8) is 0 Å². The zero-order valence-corrected chi connectivity index (χ0v) is 11.4. The molecule has 0 bridgehead atoms. The number of rotatable bonds is 4. The molecule has 0 aliphatic heterocycles. The molecule has 0 radical (unpaired) electrons. The van der Waals surface area contributed by atoms with E-state index in [0.717, 1.165) is 16.4 Å². The van der Waals surface area contributed by atoms with E-state index in [1.807, 2.05) is 12.3 Å². The molecule has 0 unspecified atom stereocenters. The van der Waals surface area contributed by atoms with E-state index in [0.29, 0.717) is 5.82 Å². The van der Waals surface area contributed by atoms with Crippen LogP contribution in [0.15, 0.2) is 17.9 Å². The lowest BCUT2D eigenvalue weighted by molar-refractivity contribution is 0.600. The van der Waals surface area contributed by atoms with Gasteiger partial charge >= 0.3 is 0 Å². The highest BCUT2D eigenvalue weighted by atomic mass is 32.1. The highest BCUT2D eigenvalue weighted by Gasteiger charge is 2.24. The van der Waals surface area contributed by atoms with Gasteiger partial charge in [0, 0.05) is 17.1 Å². The maximum Gasteiger partial charge on any atom is 0.148 e. The standard InChI is InChI=1S/C11H16N6S/c1-7-8(14-6-15-9(7)17-12)16-11(2,3)10-13-4-5-18-10/h4-6H,12H2,1-3H3,(H2,14,15,16,17). The van der Waals surface area contributed by atoms with Crippen LogP contribution in [0.1, 0.15) is 24.4 Å². The zero-order chi connectivity index (χ0) is 13.2. The van der Waals surface area contributed by atoms with Crippen molar-refractivity contribution in [2.75, 3.05) is 10.7 Å². The molecule has 2 aromatic rings. The quantitative estimate of drug-likeness (QED) is 0.577. The monoisotopic (exact) mass is 264 g/mol. The van der Waals surface area contributed by atoms with Crippen LogP contribution < -0.4 is 16.6 Å². The van der Waals surface area contributed by atoms with Crippen LogP contribution >= 0.6 is 11.3 Å². The van der Waals surface area contributed by atoms with Gasteiger partial charge in [-0.25, -0.2) is 20.8 Å². The largest absolute Gasteiger partial charge is 0.358 e. The van der Waals surface area contributed by atoms with Crippen LogP contribution in [0.4, 0.5) is 11.6 Å². The van der Waals surface area contributed by atoms with E-state index < -0.39 is 0 Å². The lowest BCUT2D eigenvalue weighted by Gasteiger charge is -2.25. The Kier molecular flexibility index (Phi) is 3.44. The van der Waals surface area contributed by atoms with Gasteiger partial charge in [-0.05, 0) is 20.8 Å². The van der Waals surface area contributed by atoms with E-state index in [-0.39, 0.29) is 5.54 Å². The van der Waals surface area contributed by atoms with Crippen LogP contribution in [0.2, 0.25) is 0 Å². The Morgan fingerprint density at radius 2 is 1.94 bits per heavy atom.